The molecule has 2 aromatic rings. The molecule has 0 fully saturated rings. The van der Waals surface area contributed by atoms with Crippen LogP contribution < -0.4 is 5.32 Å². The van der Waals surface area contributed by atoms with E-state index < -0.39 is 0 Å². The van der Waals surface area contributed by atoms with E-state index >= 15 is 0 Å². The van der Waals surface area contributed by atoms with E-state index in [-0.39, 0.29) is 0 Å². The molecule has 1 unspecified atom stereocenters. The van der Waals surface area contributed by atoms with Gasteiger partial charge in [-0.3, -0.25) is 0 Å². The van der Waals surface area contributed by atoms with E-state index in [0.29, 0.717) is 10.8 Å². The van der Waals surface area contributed by atoms with Gasteiger partial charge >= 0.3 is 0 Å². The average Bonchev–Trinajstić information content (AvgIpc) is 2.71. The van der Waals surface area contributed by atoms with Gasteiger partial charge in [-0.15, -0.1) is 0 Å². The van der Waals surface area contributed by atoms with Crippen LogP contribution in [-0.2, 0) is 13.5 Å². The molecule has 0 aliphatic heterocycles. The Morgan fingerprint density at radius 2 is 2.00 bits per heavy atom. The number of hydrogen-bond acceptors (Lipinski definition) is 3. The van der Waals surface area contributed by atoms with Gasteiger partial charge in [0.2, 0.25) is 0 Å². The molecule has 0 saturated carbocycles. The quantitative estimate of drug-likeness (QED) is 0.917. The highest BCUT2D eigenvalue weighted by Gasteiger charge is 2.17. The number of fused-ring (bicyclic) bond motifs is 1. The van der Waals surface area contributed by atoms with Gasteiger partial charge in [0.05, 0.1) is 11.0 Å². The zero-order valence-electron chi connectivity index (χ0n) is 13.1. The van der Waals surface area contributed by atoms with Crippen molar-refractivity contribution in [2.75, 3.05) is 12.8 Å². The zero-order valence-corrected chi connectivity index (χ0v) is 13.9. The Bertz CT molecular complexity index is 569. The third-order valence-corrected chi connectivity index (χ3v) is 4.87. The molecule has 1 N–H and O–H groups in total. The van der Waals surface area contributed by atoms with Gasteiger partial charge in [-0.2, -0.15) is 11.8 Å². The fraction of sp³-hybridized carbons (Fsp3) is 0.562. The normalized spacial score (nSPS) is 13.8. The summed E-state index contributed by atoms with van der Waals surface area (Å²) in [5.74, 6) is 2.25. The molecule has 0 aliphatic rings. The van der Waals surface area contributed by atoms with E-state index in [0.717, 1.165) is 23.5 Å². The number of nitrogens with zero attached hydrogens (tertiary/aromatic N) is 2. The fourth-order valence-electron chi connectivity index (χ4n) is 2.19. The van der Waals surface area contributed by atoms with Gasteiger partial charge in [0.15, 0.2) is 0 Å². The lowest BCUT2D eigenvalue weighted by atomic mass is 10.2. The Morgan fingerprint density at radius 1 is 1.30 bits per heavy atom. The lowest BCUT2D eigenvalue weighted by Gasteiger charge is -2.22. The number of aromatic nitrogens is 2. The number of benzene rings is 1. The van der Waals surface area contributed by atoms with Crippen molar-refractivity contribution in [1.29, 1.82) is 0 Å². The van der Waals surface area contributed by atoms with Crippen LogP contribution in [0.15, 0.2) is 24.3 Å². The maximum absolute atomic E-state index is 4.76. The first-order valence-corrected chi connectivity index (χ1v) is 8.11. The summed E-state index contributed by atoms with van der Waals surface area (Å²) < 4.78 is 2.52. The number of imidazole rings is 1. The summed E-state index contributed by atoms with van der Waals surface area (Å²) in [5.41, 5.74) is 2.30. The van der Waals surface area contributed by atoms with Crippen LogP contribution in [0.5, 0.6) is 0 Å². The number of rotatable bonds is 5. The topological polar surface area (TPSA) is 29.9 Å². The summed E-state index contributed by atoms with van der Waals surface area (Å²) in [6.07, 6.45) is 0.963. The van der Waals surface area contributed by atoms with Crippen molar-refractivity contribution in [2.24, 2.45) is 7.05 Å². The highest BCUT2D eigenvalue weighted by atomic mass is 32.2. The molecule has 0 spiro atoms. The van der Waals surface area contributed by atoms with Gasteiger partial charge in [0.1, 0.15) is 5.82 Å². The van der Waals surface area contributed by atoms with Crippen molar-refractivity contribution in [3.05, 3.63) is 30.1 Å². The summed E-state index contributed by atoms with van der Waals surface area (Å²) in [5, 5.41) is 3.42. The van der Waals surface area contributed by atoms with Crippen LogP contribution in [0.25, 0.3) is 11.0 Å². The number of nitrogens with one attached hydrogen (secondary N) is 1. The van der Waals surface area contributed by atoms with E-state index in [1.165, 1.54) is 5.52 Å². The molecule has 2 rings (SSSR count). The summed E-state index contributed by atoms with van der Waals surface area (Å²) >= 11 is 2.00. The lowest BCUT2D eigenvalue weighted by molar-refractivity contribution is 0.586. The van der Waals surface area contributed by atoms with E-state index in [9.17, 15) is 0 Å². The van der Waals surface area contributed by atoms with Crippen LogP contribution in [0, 0.1) is 0 Å². The second-order valence-electron chi connectivity index (χ2n) is 6.19. The zero-order chi connectivity index (χ0) is 14.8. The predicted molar refractivity (Wildman–Crippen MR) is 89.5 cm³/mol. The van der Waals surface area contributed by atoms with Gasteiger partial charge in [-0.1, -0.05) is 32.9 Å². The Kier molecular flexibility index (Phi) is 4.76. The number of hydrogen-bond donors (Lipinski definition) is 1. The van der Waals surface area contributed by atoms with Crippen molar-refractivity contribution in [3.8, 4) is 0 Å². The van der Waals surface area contributed by atoms with Crippen molar-refractivity contribution in [3.63, 3.8) is 0 Å². The number of para-hydroxylation sites is 2. The summed E-state index contributed by atoms with van der Waals surface area (Å²) in [7, 11) is 4.14. The first-order chi connectivity index (χ1) is 9.40. The number of likely N-dealkylation sites (N-methyl/N-ethyl adjacent to an activating group) is 1. The first kappa shape index (κ1) is 15.4. The number of aryl methyl sites for hydroxylation is 1. The maximum atomic E-state index is 4.76. The Labute approximate surface area is 126 Å². The second-order valence-corrected chi connectivity index (χ2v) is 8.04. The predicted octanol–water partition coefficient (Wildman–Crippen LogP) is 3.24. The smallest absolute Gasteiger partial charge is 0.111 e. The molecule has 1 aromatic carbocycles. The maximum Gasteiger partial charge on any atom is 0.111 e. The Balaban J connectivity index is 2.11. The van der Waals surface area contributed by atoms with Crippen molar-refractivity contribution in [2.45, 2.75) is 38.0 Å². The molecular weight excluding hydrogens is 266 g/mol. The molecule has 110 valence electrons. The minimum absolute atomic E-state index is 0.307. The van der Waals surface area contributed by atoms with Crippen molar-refractivity contribution >= 4 is 22.8 Å². The Morgan fingerprint density at radius 3 is 2.60 bits per heavy atom. The van der Waals surface area contributed by atoms with E-state index in [2.05, 4.69) is 55.9 Å². The Hall–Kier alpha value is -1.00. The van der Waals surface area contributed by atoms with Gasteiger partial charge in [-0.25, -0.2) is 4.98 Å². The SMILES string of the molecule is CNC(CSC(C)(C)C)Cc1nc2ccccc2n1C. The molecule has 1 heterocycles. The molecule has 0 aliphatic carbocycles. The molecule has 20 heavy (non-hydrogen) atoms. The molecule has 3 nitrogen and oxygen atoms in total. The molecule has 1 aromatic heterocycles. The highest BCUT2D eigenvalue weighted by molar-refractivity contribution is 8.00. The molecule has 0 saturated heterocycles. The molecule has 1 atom stereocenters. The van der Waals surface area contributed by atoms with Crippen molar-refractivity contribution in [1.82, 2.24) is 14.9 Å². The van der Waals surface area contributed by atoms with Gasteiger partial charge in [0, 0.05) is 30.0 Å². The summed E-state index contributed by atoms with van der Waals surface area (Å²) in [4.78, 5) is 4.76. The summed E-state index contributed by atoms with van der Waals surface area (Å²) in [6, 6.07) is 8.78. The van der Waals surface area contributed by atoms with Crippen LogP contribution >= 0.6 is 11.8 Å². The lowest BCUT2D eigenvalue weighted by Crippen LogP contribution is -2.32. The standard InChI is InChI=1S/C16H25N3S/c1-16(2,3)20-11-12(17-4)10-15-18-13-8-6-7-9-14(13)19(15)5/h6-9,12,17H,10-11H2,1-5H3. The minimum Gasteiger partial charge on any atom is -0.331 e. The highest BCUT2D eigenvalue weighted by Crippen LogP contribution is 2.24. The van der Waals surface area contributed by atoms with Crippen LogP contribution in [0.3, 0.4) is 0 Å². The second kappa shape index (κ2) is 6.19. The minimum atomic E-state index is 0.307. The largest absolute Gasteiger partial charge is 0.331 e. The third kappa shape index (κ3) is 3.76. The van der Waals surface area contributed by atoms with Crippen molar-refractivity contribution < 1.29 is 0 Å². The van der Waals surface area contributed by atoms with Gasteiger partial charge < -0.3 is 9.88 Å². The van der Waals surface area contributed by atoms with E-state index in [1.807, 2.05) is 24.9 Å². The van der Waals surface area contributed by atoms with Crippen LogP contribution in [-0.4, -0.2) is 33.1 Å². The van der Waals surface area contributed by atoms with Crippen LogP contribution in [0.1, 0.15) is 26.6 Å². The average molecular weight is 291 g/mol. The summed E-state index contributed by atoms with van der Waals surface area (Å²) in [6.45, 7) is 6.79. The molecule has 0 radical (unpaired) electrons. The third-order valence-electron chi connectivity index (χ3n) is 3.43. The van der Waals surface area contributed by atoms with Crippen LogP contribution in [0.4, 0.5) is 0 Å². The molecule has 0 bridgehead atoms. The van der Waals surface area contributed by atoms with Gasteiger partial charge in [-0.05, 0) is 19.2 Å². The fourth-order valence-corrected chi connectivity index (χ4v) is 3.18. The molecule has 0 amide bonds. The van der Waals surface area contributed by atoms with E-state index in [1.54, 1.807) is 0 Å². The first-order valence-electron chi connectivity index (χ1n) is 7.12. The van der Waals surface area contributed by atoms with Crippen LogP contribution in [0.2, 0.25) is 0 Å². The van der Waals surface area contributed by atoms with E-state index in [4.69, 9.17) is 4.98 Å². The van der Waals surface area contributed by atoms with Gasteiger partial charge in [0.25, 0.3) is 0 Å². The molecular formula is C16H25N3S. The molecule has 4 heteroatoms. The monoisotopic (exact) mass is 291 g/mol. The number of thioether (sulfide) groups is 1.